The molecule has 1 N–H and O–H groups in total. The lowest BCUT2D eigenvalue weighted by molar-refractivity contribution is -0.145. The number of aromatic nitrogens is 2. The first-order chi connectivity index (χ1) is 10.2. The van der Waals surface area contributed by atoms with Crippen LogP contribution in [-0.4, -0.2) is 39.1 Å². The molecule has 0 aromatic carbocycles. The number of nitrogens with zero attached hydrogens (tertiary/aromatic N) is 3. The fraction of sp³-hybridized carbons (Fsp3) is 0.667. The fourth-order valence-electron chi connectivity index (χ4n) is 3.21. The van der Waals surface area contributed by atoms with Gasteiger partial charge in [0, 0.05) is 6.20 Å². The van der Waals surface area contributed by atoms with Crippen LogP contribution in [-0.2, 0) is 16.1 Å². The third kappa shape index (κ3) is 2.94. The van der Waals surface area contributed by atoms with Crippen LogP contribution in [0.3, 0.4) is 0 Å². The quantitative estimate of drug-likeness (QED) is 0.907. The number of rotatable bonds is 4. The molecule has 0 bridgehead atoms. The maximum absolute atomic E-state index is 12.2. The van der Waals surface area contributed by atoms with Crippen LogP contribution in [0, 0.1) is 0 Å². The molecule has 114 valence electrons. The van der Waals surface area contributed by atoms with Gasteiger partial charge < -0.3 is 10.2 Å². The predicted octanol–water partition coefficient (Wildman–Crippen LogP) is 1.24. The van der Waals surface area contributed by atoms with Crippen molar-refractivity contribution in [1.82, 2.24) is 20.0 Å². The lowest BCUT2D eigenvalue weighted by atomic mass is 10.1. The smallest absolute Gasteiger partial charge is 0.245 e. The average Bonchev–Trinajstić information content (AvgIpc) is 3.13. The van der Waals surface area contributed by atoms with Crippen molar-refractivity contribution in [2.24, 2.45) is 0 Å². The summed E-state index contributed by atoms with van der Waals surface area (Å²) in [6.07, 6.45) is 7.52. The topological polar surface area (TPSA) is 67.2 Å². The third-order valence-electron chi connectivity index (χ3n) is 4.40. The number of hydrogen-bond acceptors (Lipinski definition) is 3. The zero-order valence-electron chi connectivity index (χ0n) is 12.4. The van der Waals surface area contributed by atoms with Gasteiger partial charge in [-0.1, -0.05) is 19.8 Å². The van der Waals surface area contributed by atoms with Gasteiger partial charge in [0.15, 0.2) is 0 Å². The Morgan fingerprint density at radius 1 is 1.33 bits per heavy atom. The molecule has 1 aliphatic heterocycles. The third-order valence-corrected chi connectivity index (χ3v) is 4.40. The normalized spacial score (nSPS) is 23.7. The Morgan fingerprint density at radius 2 is 2.10 bits per heavy atom. The van der Waals surface area contributed by atoms with Crippen LogP contribution >= 0.6 is 0 Å². The number of amides is 2. The highest BCUT2D eigenvalue weighted by Crippen LogP contribution is 2.28. The molecule has 1 aromatic heterocycles. The maximum atomic E-state index is 12.2. The summed E-state index contributed by atoms with van der Waals surface area (Å²) in [5.41, 5.74) is 0.861. The van der Waals surface area contributed by atoms with E-state index in [-0.39, 0.29) is 24.4 Å². The lowest BCUT2D eigenvalue weighted by Crippen LogP contribution is -2.57. The molecule has 0 spiro atoms. The predicted molar refractivity (Wildman–Crippen MR) is 77.4 cm³/mol. The fourth-order valence-corrected chi connectivity index (χ4v) is 3.21. The molecule has 2 heterocycles. The Morgan fingerprint density at radius 3 is 2.81 bits per heavy atom. The molecule has 6 nitrogen and oxygen atoms in total. The summed E-state index contributed by atoms with van der Waals surface area (Å²) in [6, 6.07) is 2.07. The van der Waals surface area contributed by atoms with Crippen molar-refractivity contribution in [2.45, 2.75) is 57.7 Å². The molecule has 1 aliphatic carbocycles. The van der Waals surface area contributed by atoms with E-state index >= 15 is 0 Å². The van der Waals surface area contributed by atoms with Gasteiger partial charge in [-0.15, -0.1) is 0 Å². The number of nitrogens with one attached hydrogen (secondary N) is 1. The highest BCUT2D eigenvalue weighted by Gasteiger charge is 2.31. The van der Waals surface area contributed by atoms with E-state index in [1.807, 2.05) is 23.9 Å². The summed E-state index contributed by atoms with van der Waals surface area (Å²) in [4.78, 5) is 25.5. The van der Waals surface area contributed by atoms with Crippen LogP contribution in [0.5, 0.6) is 0 Å². The molecule has 1 unspecified atom stereocenters. The van der Waals surface area contributed by atoms with E-state index in [1.165, 1.54) is 25.7 Å². The van der Waals surface area contributed by atoms with Crippen molar-refractivity contribution < 1.29 is 9.59 Å². The minimum absolute atomic E-state index is 0.00693. The Balaban J connectivity index is 1.67. The molecule has 1 aromatic rings. The van der Waals surface area contributed by atoms with Gasteiger partial charge in [0.25, 0.3) is 0 Å². The highest BCUT2D eigenvalue weighted by molar-refractivity contribution is 5.94. The summed E-state index contributed by atoms with van der Waals surface area (Å²) in [6.45, 7) is 2.45. The zero-order chi connectivity index (χ0) is 14.8. The maximum Gasteiger partial charge on any atom is 0.245 e. The Bertz CT molecular complexity index is 534. The number of hydrogen-bond donors (Lipinski definition) is 1. The van der Waals surface area contributed by atoms with Crippen molar-refractivity contribution in [1.29, 1.82) is 0 Å². The van der Waals surface area contributed by atoms with E-state index in [4.69, 9.17) is 0 Å². The Hall–Kier alpha value is -1.85. The van der Waals surface area contributed by atoms with Crippen LogP contribution < -0.4 is 5.32 Å². The summed E-state index contributed by atoms with van der Waals surface area (Å²) >= 11 is 0. The van der Waals surface area contributed by atoms with Crippen molar-refractivity contribution in [3.63, 3.8) is 0 Å². The van der Waals surface area contributed by atoms with Gasteiger partial charge in [0.1, 0.15) is 12.6 Å². The van der Waals surface area contributed by atoms with Crippen molar-refractivity contribution >= 4 is 11.8 Å². The van der Waals surface area contributed by atoms with Crippen LogP contribution in [0.2, 0.25) is 0 Å². The Kier molecular flexibility index (Phi) is 3.94. The molecule has 1 atom stereocenters. The van der Waals surface area contributed by atoms with E-state index in [2.05, 4.69) is 10.4 Å². The minimum Gasteiger partial charge on any atom is -0.343 e. The summed E-state index contributed by atoms with van der Waals surface area (Å²) in [5, 5.41) is 7.31. The Labute approximate surface area is 124 Å². The van der Waals surface area contributed by atoms with Gasteiger partial charge in [-0.05, 0) is 25.3 Å². The van der Waals surface area contributed by atoms with Gasteiger partial charge in [0.2, 0.25) is 11.8 Å². The van der Waals surface area contributed by atoms with Crippen LogP contribution in [0.4, 0.5) is 0 Å². The highest BCUT2D eigenvalue weighted by atomic mass is 16.2. The molecule has 2 fully saturated rings. The standard InChI is InChI=1S/C15H22N4O2/c1-2-13-15(21)18(10-14(20)16-13)9-11-7-8-19(17-11)12-5-3-4-6-12/h7-8,12-13H,2-6,9-10H2,1H3,(H,16,20). The van der Waals surface area contributed by atoms with Gasteiger partial charge in [0.05, 0.1) is 18.3 Å². The second-order valence-electron chi connectivity index (χ2n) is 5.95. The summed E-state index contributed by atoms with van der Waals surface area (Å²) in [7, 11) is 0. The molecule has 3 rings (SSSR count). The molecule has 0 radical (unpaired) electrons. The van der Waals surface area contributed by atoms with E-state index in [1.54, 1.807) is 4.90 Å². The van der Waals surface area contributed by atoms with Gasteiger partial charge in [-0.3, -0.25) is 14.3 Å². The number of carbonyl (C=O) groups is 2. The largest absolute Gasteiger partial charge is 0.343 e. The molecule has 1 saturated carbocycles. The average molecular weight is 290 g/mol. The zero-order valence-corrected chi connectivity index (χ0v) is 12.4. The monoisotopic (exact) mass is 290 g/mol. The van der Waals surface area contributed by atoms with Gasteiger partial charge >= 0.3 is 0 Å². The van der Waals surface area contributed by atoms with E-state index in [9.17, 15) is 9.59 Å². The molecule has 2 amide bonds. The minimum atomic E-state index is -0.386. The SMILES string of the molecule is CCC1NC(=O)CN(Cc2ccn(C3CCCC3)n2)C1=O. The van der Waals surface area contributed by atoms with Crippen molar-refractivity contribution in [2.75, 3.05) is 6.54 Å². The first-order valence-corrected chi connectivity index (χ1v) is 7.79. The van der Waals surface area contributed by atoms with E-state index < -0.39 is 0 Å². The number of carbonyl (C=O) groups excluding carboxylic acids is 2. The molecular weight excluding hydrogens is 268 g/mol. The molecule has 2 aliphatic rings. The summed E-state index contributed by atoms with van der Waals surface area (Å²) < 4.78 is 2.02. The van der Waals surface area contributed by atoms with Crippen LogP contribution in [0.15, 0.2) is 12.3 Å². The first kappa shape index (κ1) is 14.1. The van der Waals surface area contributed by atoms with E-state index in [0.717, 1.165) is 5.69 Å². The molecule has 21 heavy (non-hydrogen) atoms. The van der Waals surface area contributed by atoms with Gasteiger partial charge in [-0.25, -0.2) is 0 Å². The molecule has 1 saturated heterocycles. The second kappa shape index (κ2) is 5.87. The van der Waals surface area contributed by atoms with Crippen LogP contribution in [0.25, 0.3) is 0 Å². The molecule has 6 heteroatoms. The van der Waals surface area contributed by atoms with E-state index in [0.29, 0.717) is 19.0 Å². The second-order valence-corrected chi connectivity index (χ2v) is 5.95. The van der Waals surface area contributed by atoms with Gasteiger partial charge in [-0.2, -0.15) is 5.10 Å². The lowest BCUT2D eigenvalue weighted by Gasteiger charge is -2.31. The van der Waals surface area contributed by atoms with Crippen LogP contribution in [0.1, 0.15) is 50.8 Å². The molecular formula is C15H22N4O2. The number of piperazine rings is 1. The summed E-state index contributed by atoms with van der Waals surface area (Å²) in [5.74, 6) is -0.0933. The van der Waals surface area contributed by atoms with Crippen molar-refractivity contribution in [3.05, 3.63) is 18.0 Å². The first-order valence-electron chi connectivity index (χ1n) is 7.79. The van der Waals surface area contributed by atoms with Crippen molar-refractivity contribution in [3.8, 4) is 0 Å².